The van der Waals surface area contributed by atoms with Gasteiger partial charge in [-0.2, -0.15) is 0 Å². The molecule has 4 atom stereocenters. The van der Waals surface area contributed by atoms with Gasteiger partial charge in [-0.05, 0) is 63.1 Å². The van der Waals surface area contributed by atoms with Gasteiger partial charge < -0.3 is 27.4 Å². The van der Waals surface area contributed by atoms with E-state index in [-0.39, 0.29) is 36.1 Å². The number of carbonyl (C=O) groups excluding carboxylic acids is 5. The Balaban J connectivity index is 1.56. The minimum Gasteiger partial charge on any atom is -0.368 e. The van der Waals surface area contributed by atoms with Crippen molar-refractivity contribution in [1.29, 1.82) is 0 Å². The van der Waals surface area contributed by atoms with Gasteiger partial charge in [0.05, 0.1) is 11.6 Å². The molecule has 1 aliphatic carbocycles. The van der Waals surface area contributed by atoms with Crippen LogP contribution in [0.3, 0.4) is 0 Å². The summed E-state index contributed by atoms with van der Waals surface area (Å²) >= 11 is 0. The van der Waals surface area contributed by atoms with Crippen LogP contribution in [0.5, 0.6) is 0 Å². The van der Waals surface area contributed by atoms with E-state index in [9.17, 15) is 28.4 Å². The van der Waals surface area contributed by atoms with Gasteiger partial charge in [-0.15, -0.1) is 0 Å². The summed E-state index contributed by atoms with van der Waals surface area (Å²) < 4.78 is 13.5. The van der Waals surface area contributed by atoms with Gasteiger partial charge in [0.1, 0.15) is 23.6 Å². The Kier molecular flexibility index (Phi) is 9.17. The molecule has 7 N–H and O–H groups in total. The van der Waals surface area contributed by atoms with E-state index in [0.29, 0.717) is 18.4 Å². The van der Waals surface area contributed by atoms with Crippen LogP contribution in [-0.4, -0.2) is 57.1 Å². The maximum Gasteiger partial charge on any atom is 0.269 e. The van der Waals surface area contributed by atoms with E-state index in [1.54, 1.807) is 0 Å². The molecule has 5 amide bonds. The van der Waals surface area contributed by atoms with Crippen molar-refractivity contribution < 1.29 is 28.4 Å². The van der Waals surface area contributed by atoms with Gasteiger partial charge in [-0.25, -0.2) is 9.37 Å². The molecular weight excluding hydrogens is 545 g/mol. The number of nitrogens with one attached hydrogen (secondary N) is 3. The molecule has 0 unspecified atom stereocenters. The van der Waals surface area contributed by atoms with E-state index >= 15 is 0 Å². The topological polar surface area (TPSA) is 199 Å². The Hall–Kier alpha value is -4.42. The van der Waals surface area contributed by atoms with E-state index < -0.39 is 58.9 Å². The molecule has 0 bridgehead atoms. The smallest absolute Gasteiger partial charge is 0.269 e. The number of carbonyl (C=O) groups is 5. The van der Waals surface area contributed by atoms with Crippen LogP contribution in [0.25, 0.3) is 0 Å². The van der Waals surface area contributed by atoms with Crippen molar-refractivity contribution in [2.75, 3.05) is 0 Å². The third-order valence-electron chi connectivity index (χ3n) is 7.63. The zero-order valence-electron chi connectivity index (χ0n) is 23.6. The maximum absolute atomic E-state index is 13.8. The second kappa shape index (κ2) is 12.6. The molecule has 1 aromatic heterocycles. The van der Waals surface area contributed by atoms with Crippen molar-refractivity contribution in [3.63, 3.8) is 0 Å². The van der Waals surface area contributed by atoms with Gasteiger partial charge in [0.25, 0.3) is 5.91 Å². The van der Waals surface area contributed by atoms with Gasteiger partial charge in [0.2, 0.25) is 23.6 Å². The molecule has 13 heteroatoms. The highest BCUT2D eigenvalue weighted by Gasteiger charge is 2.40. The Morgan fingerprint density at radius 1 is 1.00 bits per heavy atom. The fraction of sp³-hybridized carbons (Fsp3) is 0.483. The van der Waals surface area contributed by atoms with Gasteiger partial charge in [0, 0.05) is 23.9 Å². The number of hydrogen-bond acceptors (Lipinski definition) is 7. The molecule has 4 rings (SSSR count). The highest BCUT2D eigenvalue weighted by Crippen LogP contribution is 2.34. The second-order valence-electron chi connectivity index (χ2n) is 11.8. The van der Waals surface area contributed by atoms with E-state index in [0.717, 1.165) is 12.8 Å². The highest BCUT2D eigenvalue weighted by molar-refractivity contribution is 5.96. The Labute approximate surface area is 242 Å². The number of aromatic nitrogens is 2. The minimum atomic E-state index is -1.13. The molecule has 1 saturated carbocycles. The zero-order chi connectivity index (χ0) is 30.6. The lowest BCUT2D eigenvalue weighted by Gasteiger charge is -2.25. The Morgan fingerprint density at radius 3 is 2.21 bits per heavy atom. The summed E-state index contributed by atoms with van der Waals surface area (Å²) in [6.45, 7) is 3.74. The van der Waals surface area contributed by atoms with Crippen LogP contribution in [0, 0.1) is 17.7 Å². The van der Waals surface area contributed by atoms with Crippen molar-refractivity contribution in [3.05, 3.63) is 59.4 Å². The standard InChI is InChI=1S/C29H36FN7O5/c1-29(2)14-17(26(40)37-29)13-20(24(31)38)35-28(42)21(12-16-3-4-16)36-27(41)19(11-15-5-7-18(30)8-6-15)22-23(25(32)39)34-10-9-33-22/h5-10,16-17,19-21H,3-4,11-14H2,1-2H3,(H2,31,38)(H2,32,39)(H,35,42)(H,36,41)(H,37,40)/t17-,19+,20+,21+/m1/s1. The van der Waals surface area contributed by atoms with Gasteiger partial charge >= 0.3 is 0 Å². The Morgan fingerprint density at radius 2 is 1.64 bits per heavy atom. The predicted octanol–water partition coefficient (Wildman–Crippen LogP) is 0.601. The fourth-order valence-corrected chi connectivity index (χ4v) is 5.34. The molecule has 2 fully saturated rings. The number of benzene rings is 1. The number of rotatable bonds is 13. The summed E-state index contributed by atoms with van der Waals surface area (Å²) in [6.07, 6.45) is 5.17. The quantitative estimate of drug-likeness (QED) is 0.228. The van der Waals surface area contributed by atoms with E-state index in [2.05, 4.69) is 25.9 Å². The molecule has 1 aliphatic heterocycles. The molecule has 12 nitrogen and oxygen atoms in total. The van der Waals surface area contributed by atoms with Gasteiger partial charge in [-0.1, -0.05) is 25.0 Å². The molecular formula is C29H36FN7O5. The molecule has 224 valence electrons. The van der Waals surface area contributed by atoms with Crippen molar-refractivity contribution in [1.82, 2.24) is 25.9 Å². The van der Waals surface area contributed by atoms with E-state index in [1.807, 2.05) is 13.8 Å². The summed E-state index contributed by atoms with van der Waals surface area (Å²) in [4.78, 5) is 72.3. The number of primary amides is 2. The SMILES string of the molecule is CC1(C)C[C@@H](C[C@H](NC(=O)[C@H](CC2CC2)NC(=O)[C@@H](Cc2ccc(F)cc2)c2nccnc2C(N)=O)C(N)=O)C(=O)N1. The first kappa shape index (κ1) is 30.5. The van der Waals surface area contributed by atoms with Crippen molar-refractivity contribution in [2.45, 2.75) is 75.9 Å². The number of halogens is 1. The first-order valence-electron chi connectivity index (χ1n) is 13.9. The van der Waals surface area contributed by atoms with Crippen LogP contribution >= 0.6 is 0 Å². The first-order chi connectivity index (χ1) is 19.8. The molecule has 0 radical (unpaired) electrons. The number of nitrogens with two attached hydrogens (primary N) is 2. The van der Waals surface area contributed by atoms with Crippen LogP contribution in [0.4, 0.5) is 4.39 Å². The third-order valence-corrected chi connectivity index (χ3v) is 7.63. The molecule has 2 aromatic rings. The molecule has 0 spiro atoms. The predicted molar refractivity (Wildman–Crippen MR) is 149 cm³/mol. The Bertz CT molecular complexity index is 1360. The largest absolute Gasteiger partial charge is 0.368 e. The molecule has 2 aliphatic rings. The summed E-state index contributed by atoms with van der Waals surface area (Å²) in [5, 5.41) is 8.27. The molecule has 1 saturated heterocycles. The number of hydrogen-bond donors (Lipinski definition) is 5. The van der Waals surface area contributed by atoms with Crippen molar-refractivity contribution >= 4 is 29.5 Å². The highest BCUT2D eigenvalue weighted by atomic mass is 19.1. The molecule has 2 heterocycles. The average molecular weight is 582 g/mol. The molecule has 1 aromatic carbocycles. The summed E-state index contributed by atoms with van der Waals surface area (Å²) in [5.41, 5.74) is 11.1. The third kappa shape index (κ3) is 7.86. The van der Waals surface area contributed by atoms with Gasteiger partial charge in [0.15, 0.2) is 0 Å². The van der Waals surface area contributed by atoms with Crippen molar-refractivity contribution in [2.24, 2.45) is 23.3 Å². The lowest BCUT2D eigenvalue weighted by molar-refractivity contribution is -0.132. The van der Waals surface area contributed by atoms with Gasteiger partial charge in [-0.3, -0.25) is 29.0 Å². The monoisotopic (exact) mass is 581 g/mol. The molecule has 42 heavy (non-hydrogen) atoms. The fourth-order valence-electron chi connectivity index (χ4n) is 5.34. The lowest BCUT2D eigenvalue weighted by Crippen LogP contribution is -2.54. The van der Waals surface area contributed by atoms with Crippen LogP contribution < -0.4 is 27.4 Å². The van der Waals surface area contributed by atoms with Crippen LogP contribution in [-0.2, 0) is 25.6 Å². The number of amides is 5. The first-order valence-corrected chi connectivity index (χ1v) is 13.9. The normalized spacial score (nSPS) is 19.7. The summed E-state index contributed by atoms with van der Waals surface area (Å²) in [5.74, 6) is -5.02. The van der Waals surface area contributed by atoms with Crippen LogP contribution in [0.1, 0.15) is 73.6 Å². The maximum atomic E-state index is 13.8. The lowest BCUT2D eigenvalue weighted by atomic mass is 9.91. The summed E-state index contributed by atoms with van der Waals surface area (Å²) in [7, 11) is 0. The van der Waals surface area contributed by atoms with E-state index in [1.165, 1.54) is 36.7 Å². The number of nitrogens with zero attached hydrogens (tertiary/aromatic N) is 2. The van der Waals surface area contributed by atoms with Crippen molar-refractivity contribution in [3.8, 4) is 0 Å². The van der Waals surface area contributed by atoms with Crippen LogP contribution in [0.15, 0.2) is 36.7 Å². The minimum absolute atomic E-state index is 0.0132. The average Bonchev–Trinajstić information content (AvgIpc) is 3.70. The second-order valence-corrected chi connectivity index (χ2v) is 11.8. The van der Waals surface area contributed by atoms with Crippen LogP contribution in [0.2, 0.25) is 0 Å². The van der Waals surface area contributed by atoms with E-state index in [4.69, 9.17) is 11.5 Å². The summed E-state index contributed by atoms with van der Waals surface area (Å²) in [6, 6.07) is 3.33. The zero-order valence-corrected chi connectivity index (χ0v) is 23.6.